The molecule has 126 valence electrons. The van der Waals surface area contributed by atoms with Crippen molar-refractivity contribution in [1.82, 2.24) is 0 Å². The fourth-order valence-electron chi connectivity index (χ4n) is 5.79. The van der Waals surface area contributed by atoms with Gasteiger partial charge >= 0.3 is 5.97 Å². The fraction of sp³-hybridized carbons (Fsp3) is 0.632. The zero-order valence-corrected chi connectivity index (χ0v) is 13.8. The highest BCUT2D eigenvalue weighted by molar-refractivity contribution is 5.77. The zero-order chi connectivity index (χ0) is 16.6. The van der Waals surface area contributed by atoms with Gasteiger partial charge in [-0.1, -0.05) is 35.4 Å². The normalized spacial score (nSPS) is 34.4. The molecule has 24 heavy (non-hydrogen) atoms. The molecule has 4 fully saturated rings. The van der Waals surface area contributed by atoms with Gasteiger partial charge in [0.2, 0.25) is 0 Å². The highest BCUT2D eigenvalue weighted by Crippen LogP contribution is 2.62. The maximum atomic E-state index is 12.7. The molecular formula is C19H23N3O2. The van der Waals surface area contributed by atoms with E-state index in [2.05, 4.69) is 10.0 Å². The Bertz CT molecular complexity index is 631. The zero-order valence-electron chi connectivity index (χ0n) is 13.8. The van der Waals surface area contributed by atoms with Crippen LogP contribution in [0.2, 0.25) is 0 Å². The minimum atomic E-state index is -0.667. The minimum Gasteiger partial charge on any atom is -0.460 e. The molecule has 4 aliphatic carbocycles. The van der Waals surface area contributed by atoms with Crippen LogP contribution < -0.4 is 0 Å². The molecular weight excluding hydrogens is 302 g/mol. The molecule has 4 saturated carbocycles. The van der Waals surface area contributed by atoms with Gasteiger partial charge in [-0.15, -0.1) is 0 Å². The van der Waals surface area contributed by atoms with Gasteiger partial charge in [0.1, 0.15) is 12.6 Å². The van der Waals surface area contributed by atoms with Crippen molar-refractivity contribution in [1.29, 1.82) is 0 Å². The number of carbonyl (C=O) groups excluding carboxylic acids is 1. The maximum absolute atomic E-state index is 12.7. The molecule has 0 aliphatic heterocycles. The van der Waals surface area contributed by atoms with Crippen LogP contribution in [0.1, 0.15) is 44.1 Å². The topological polar surface area (TPSA) is 75.1 Å². The molecule has 1 atom stereocenters. The van der Waals surface area contributed by atoms with Crippen LogP contribution in [0.4, 0.5) is 0 Å². The molecule has 1 aromatic rings. The van der Waals surface area contributed by atoms with E-state index >= 15 is 0 Å². The van der Waals surface area contributed by atoms with Crippen LogP contribution in [0.5, 0.6) is 0 Å². The quantitative estimate of drug-likeness (QED) is 0.343. The lowest BCUT2D eigenvalue weighted by atomic mass is 9.48. The molecule has 5 nitrogen and oxygen atoms in total. The van der Waals surface area contributed by atoms with Crippen LogP contribution in [0.3, 0.4) is 0 Å². The van der Waals surface area contributed by atoms with Crippen molar-refractivity contribution in [2.75, 3.05) is 0 Å². The summed E-state index contributed by atoms with van der Waals surface area (Å²) < 4.78 is 5.53. The molecule has 5 rings (SSSR count). The van der Waals surface area contributed by atoms with E-state index in [-0.39, 0.29) is 18.0 Å². The summed E-state index contributed by atoms with van der Waals surface area (Å²) in [5.74, 6) is 1.76. The molecule has 0 amide bonds. The van der Waals surface area contributed by atoms with E-state index in [0.29, 0.717) is 17.8 Å². The van der Waals surface area contributed by atoms with E-state index in [1.165, 1.54) is 19.3 Å². The third kappa shape index (κ3) is 2.78. The summed E-state index contributed by atoms with van der Waals surface area (Å²) in [7, 11) is 0. The van der Waals surface area contributed by atoms with Crippen molar-refractivity contribution in [3.8, 4) is 0 Å². The van der Waals surface area contributed by atoms with E-state index in [9.17, 15) is 4.79 Å². The first kappa shape index (κ1) is 15.5. The van der Waals surface area contributed by atoms with Crippen molar-refractivity contribution in [3.63, 3.8) is 0 Å². The van der Waals surface area contributed by atoms with Crippen molar-refractivity contribution in [3.05, 3.63) is 46.3 Å². The number of benzene rings is 1. The first-order valence-electron chi connectivity index (χ1n) is 8.93. The first-order chi connectivity index (χ1) is 11.7. The molecule has 0 N–H and O–H groups in total. The van der Waals surface area contributed by atoms with E-state index in [1.807, 2.05) is 30.3 Å². The Morgan fingerprint density at radius 2 is 1.75 bits per heavy atom. The average molecular weight is 325 g/mol. The van der Waals surface area contributed by atoms with Crippen molar-refractivity contribution >= 4 is 5.97 Å². The number of nitrogens with zero attached hydrogens (tertiary/aromatic N) is 3. The van der Waals surface area contributed by atoms with Gasteiger partial charge in [0.25, 0.3) is 0 Å². The smallest absolute Gasteiger partial charge is 0.315 e. The Morgan fingerprint density at radius 3 is 2.29 bits per heavy atom. The number of ether oxygens (including phenoxy) is 1. The van der Waals surface area contributed by atoms with E-state index in [4.69, 9.17) is 10.3 Å². The van der Waals surface area contributed by atoms with Gasteiger partial charge in [-0.2, -0.15) is 0 Å². The molecule has 0 saturated heterocycles. The van der Waals surface area contributed by atoms with Crippen LogP contribution in [0.25, 0.3) is 10.4 Å². The summed E-state index contributed by atoms with van der Waals surface area (Å²) in [5.41, 5.74) is 9.82. The summed E-state index contributed by atoms with van der Waals surface area (Å²) in [6, 6.07) is 8.98. The minimum absolute atomic E-state index is 0.158. The van der Waals surface area contributed by atoms with Crippen molar-refractivity contribution in [2.24, 2.45) is 28.3 Å². The van der Waals surface area contributed by atoms with Gasteiger partial charge in [-0.05, 0) is 72.8 Å². The first-order valence-corrected chi connectivity index (χ1v) is 8.93. The summed E-state index contributed by atoms with van der Waals surface area (Å²) >= 11 is 0. The Morgan fingerprint density at radius 1 is 1.17 bits per heavy atom. The molecule has 4 aliphatic rings. The van der Waals surface area contributed by atoms with Crippen LogP contribution in [0.15, 0.2) is 35.4 Å². The lowest BCUT2D eigenvalue weighted by Gasteiger charge is -2.58. The summed E-state index contributed by atoms with van der Waals surface area (Å²) in [4.78, 5) is 15.7. The predicted octanol–water partition coefficient (Wildman–Crippen LogP) is 4.63. The van der Waals surface area contributed by atoms with Gasteiger partial charge in [-0.25, -0.2) is 0 Å². The molecule has 4 bridgehead atoms. The Balaban J connectivity index is 1.51. The fourth-order valence-corrected chi connectivity index (χ4v) is 5.79. The Kier molecular flexibility index (Phi) is 3.97. The maximum Gasteiger partial charge on any atom is 0.315 e. The van der Waals surface area contributed by atoms with Crippen LogP contribution in [-0.4, -0.2) is 12.0 Å². The van der Waals surface area contributed by atoms with Crippen molar-refractivity contribution < 1.29 is 9.53 Å². The third-order valence-corrected chi connectivity index (χ3v) is 6.28. The number of hydrogen-bond donors (Lipinski definition) is 0. The van der Waals surface area contributed by atoms with Crippen LogP contribution in [0, 0.1) is 23.2 Å². The van der Waals surface area contributed by atoms with Gasteiger partial charge in [0.15, 0.2) is 0 Å². The molecule has 0 aromatic heterocycles. The van der Waals surface area contributed by atoms with Gasteiger partial charge in [0, 0.05) is 4.91 Å². The summed E-state index contributed by atoms with van der Waals surface area (Å²) in [6.07, 6.45) is 6.93. The molecule has 0 spiro atoms. The van der Waals surface area contributed by atoms with E-state index < -0.39 is 6.04 Å². The highest BCUT2D eigenvalue weighted by atomic mass is 16.5. The number of rotatable bonds is 5. The van der Waals surface area contributed by atoms with E-state index in [1.54, 1.807) is 0 Å². The molecule has 0 radical (unpaired) electrons. The molecule has 5 heteroatoms. The lowest BCUT2D eigenvalue weighted by Crippen LogP contribution is -2.53. The Hall–Kier alpha value is -2.00. The number of azide groups is 1. The van der Waals surface area contributed by atoms with Gasteiger partial charge in [-0.3, -0.25) is 4.79 Å². The second-order valence-electron chi connectivity index (χ2n) is 7.98. The predicted molar refractivity (Wildman–Crippen MR) is 89.8 cm³/mol. The second-order valence-corrected chi connectivity index (χ2v) is 7.98. The van der Waals surface area contributed by atoms with Crippen LogP contribution in [-0.2, 0) is 16.1 Å². The molecule has 1 unspecified atom stereocenters. The summed E-state index contributed by atoms with van der Waals surface area (Å²) in [6.45, 7) is 0.240. The van der Waals surface area contributed by atoms with Gasteiger partial charge in [0.05, 0.1) is 0 Å². The standard InChI is InChI=1S/C19H23N3O2/c20-22-21-17(18(23)24-12-13-4-2-1-3-5-13)19-9-14-6-15(10-19)8-16(7-14)11-19/h1-5,14-17H,6-12H2. The number of esters is 1. The molecule has 1 aromatic carbocycles. The third-order valence-electron chi connectivity index (χ3n) is 6.28. The van der Waals surface area contributed by atoms with Crippen molar-refractivity contribution in [2.45, 2.75) is 51.2 Å². The Labute approximate surface area is 142 Å². The second kappa shape index (κ2) is 6.14. The average Bonchev–Trinajstić information content (AvgIpc) is 2.57. The van der Waals surface area contributed by atoms with Crippen LogP contribution >= 0.6 is 0 Å². The van der Waals surface area contributed by atoms with Gasteiger partial charge < -0.3 is 4.74 Å². The highest BCUT2D eigenvalue weighted by Gasteiger charge is 2.56. The monoisotopic (exact) mass is 325 g/mol. The SMILES string of the molecule is [N-]=[N+]=NC(C(=O)OCc1ccccc1)C12CC3CC(CC(C3)C1)C2. The largest absolute Gasteiger partial charge is 0.460 e. The number of carbonyl (C=O) groups is 1. The lowest BCUT2D eigenvalue weighted by molar-refractivity contribution is -0.156. The molecule has 0 heterocycles. The summed E-state index contributed by atoms with van der Waals surface area (Å²) in [5, 5.41) is 3.93. The van der Waals surface area contributed by atoms with E-state index in [0.717, 1.165) is 24.8 Å². The number of hydrogen-bond acceptors (Lipinski definition) is 3.